The minimum Gasteiger partial charge on any atom is -0.362 e. The van der Waals surface area contributed by atoms with Gasteiger partial charge in [0.05, 0.1) is 5.52 Å². The molecule has 1 heterocycles. The van der Waals surface area contributed by atoms with Gasteiger partial charge in [-0.3, -0.25) is 4.79 Å². The van der Waals surface area contributed by atoms with Crippen molar-refractivity contribution in [2.45, 2.75) is 44.2 Å². The van der Waals surface area contributed by atoms with Gasteiger partial charge < -0.3 is 15.5 Å². The van der Waals surface area contributed by atoms with Gasteiger partial charge in [-0.1, -0.05) is 60.7 Å². The van der Waals surface area contributed by atoms with Crippen LogP contribution in [0.15, 0.2) is 78.9 Å². The summed E-state index contributed by atoms with van der Waals surface area (Å²) in [5.74, 6) is 1.60. The molecule has 2 N–H and O–H groups in total. The lowest BCUT2D eigenvalue weighted by Crippen LogP contribution is -2.40. The number of para-hydroxylation sites is 1. The highest BCUT2D eigenvalue weighted by Gasteiger charge is 2.24. The molecule has 3 aromatic carbocycles. The molecular formula is C30H33N5O. The third-order valence-electron chi connectivity index (χ3n) is 6.90. The second kappa shape index (κ2) is 10.8. The van der Waals surface area contributed by atoms with Crippen LogP contribution in [0.4, 0.5) is 11.8 Å². The molecule has 36 heavy (non-hydrogen) atoms. The van der Waals surface area contributed by atoms with E-state index < -0.39 is 0 Å². The zero-order valence-electron chi connectivity index (χ0n) is 20.9. The Morgan fingerprint density at radius 1 is 0.833 bits per heavy atom. The van der Waals surface area contributed by atoms with Crippen LogP contribution in [0.25, 0.3) is 10.9 Å². The van der Waals surface area contributed by atoms with E-state index in [2.05, 4.69) is 28.8 Å². The van der Waals surface area contributed by atoms with E-state index in [1.807, 2.05) is 79.7 Å². The number of carbonyl (C=O) groups excluding carboxylic acids is 1. The van der Waals surface area contributed by atoms with Crippen molar-refractivity contribution in [1.82, 2.24) is 15.3 Å². The number of carbonyl (C=O) groups is 1. The summed E-state index contributed by atoms with van der Waals surface area (Å²) in [7, 11) is 4.01. The highest BCUT2D eigenvalue weighted by atomic mass is 16.1. The van der Waals surface area contributed by atoms with Crippen LogP contribution in [-0.4, -0.2) is 42.1 Å². The number of anilines is 2. The highest BCUT2D eigenvalue weighted by Crippen LogP contribution is 2.26. The van der Waals surface area contributed by atoms with Gasteiger partial charge in [-0.2, -0.15) is 4.98 Å². The predicted octanol–water partition coefficient (Wildman–Crippen LogP) is 5.44. The van der Waals surface area contributed by atoms with Gasteiger partial charge in [0.1, 0.15) is 5.82 Å². The largest absolute Gasteiger partial charge is 0.362 e. The zero-order chi connectivity index (χ0) is 24.9. The van der Waals surface area contributed by atoms with Gasteiger partial charge in [0.15, 0.2) is 0 Å². The van der Waals surface area contributed by atoms with Crippen molar-refractivity contribution in [1.29, 1.82) is 0 Å². The summed E-state index contributed by atoms with van der Waals surface area (Å²) < 4.78 is 0. The number of hydrogen-bond donors (Lipinski definition) is 2. The summed E-state index contributed by atoms with van der Waals surface area (Å²) in [6.07, 6.45) is 4.53. The summed E-state index contributed by atoms with van der Waals surface area (Å²) >= 11 is 0. The zero-order valence-corrected chi connectivity index (χ0v) is 20.9. The Bertz CT molecular complexity index is 1330. The molecule has 0 radical (unpaired) electrons. The minimum absolute atomic E-state index is 0.0198. The lowest BCUT2D eigenvalue weighted by Gasteiger charge is -2.30. The molecule has 6 nitrogen and oxygen atoms in total. The van der Waals surface area contributed by atoms with Gasteiger partial charge in [0.2, 0.25) is 5.95 Å². The molecule has 6 heteroatoms. The first kappa shape index (κ1) is 23.8. The average Bonchev–Trinajstić information content (AvgIpc) is 2.90. The lowest BCUT2D eigenvalue weighted by molar-refractivity contribution is 0.0925. The predicted molar refractivity (Wildman–Crippen MR) is 147 cm³/mol. The third kappa shape index (κ3) is 5.48. The number of aromatic nitrogens is 2. The minimum atomic E-state index is 0.0198. The van der Waals surface area contributed by atoms with Crippen LogP contribution in [-0.2, 0) is 6.42 Å². The van der Waals surface area contributed by atoms with Crippen molar-refractivity contribution in [3.63, 3.8) is 0 Å². The van der Waals surface area contributed by atoms with Crippen LogP contribution in [0.2, 0.25) is 0 Å². The molecule has 4 aromatic rings. The summed E-state index contributed by atoms with van der Waals surface area (Å²) in [4.78, 5) is 24.7. The number of nitrogens with one attached hydrogen (secondary N) is 2. The molecule has 0 aliphatic heterocycles. The smallest absolute Gasteiger partial charge is 0.251 e. The SMILES string of the molecule is CN(C)c1nc(NC2CCC(NC(=O)c3ccccc3Cc3ccccc3)CC2)nc2ccccc12. The average molecular weight is 480 g/mol. The van der Waals surface area contributed by atoms with Crippen LogP contribution in [0.5, 0.6) is 0 Å². The first-order valence-electron chi connectivity index (χ1n) is 12.7. The summed E-state index contributed by atoms with van der Waals surface area (Å²) in [5, 5.41) is 7.89. The van der Waals surface area contributed by atoms with E-state index in [1.165, 1.54) is 5.56 Å². The second-order valence-corrected chi connectivity index (χ2v) is 9.77. The maximum Gasteiger partial charge on any atom is 0.251 e. The second-order valence-electron chi connectivity index (χ2n) is 9.77. The standard InChI is InChI=1S/C30H33N5O/c1-35(2)28-26-14-8-9-15-27(26)33-30(34-28)32-24-18-16-23(17-19-24)31-29(36)25-13-7-6-12-22(25)20-21-10-4-3-5-11-21/h3-15,23-24H,16-20H2,1-2H3,(H,31,36)(H,32,33,34). The maximum absolute atomic E-state index is 13.2. The van der Waals surface area contributed by atoms with Crippen molar-refractivity contribution in [2.24, 2.45) is 0 Å². The van der Waals surface area contributed by atoms with Gasteiger partial charge in [-0.05, 0) is 61.4 Å². The number of hydrogen-bond acceptors (Lipinski definition) is 5. The molecule has 1 aliphatic rings. The van der Waals surface area contributed by atoms with Crippen molar-refractivity contribution >= 4 is 28.6 Å². The van der Waals surface area contributed by atoms with Crippen molar-refractivity contribution in [3.8, 4) is 0 Å². The van der Waals surface area contributed by atoms with Crippen molar-refractivity contribution < 1.29 is 4.79 Å². The number of fused-ring (bicyclic) bond motifs is 1. The third-order valence-corrected chi connectivity index (χ3v) is 6.90. The summed E-state index contributed by atoms with van der Waals surface area (Å²) in [5.41, 5.74) is 3.97. The Balaban J connectivity index is 1.20. The quantitative estimate of drug-likeness (QED) is 0.369. The van der Waals surface area contributed by atoms with E-state index in [1.54, 1.807) is 0 Å². The monoisotopic (exact) mass is 479 g/mol. The fourth-order valence-corrected chi connectivity index (χ4v) is 5.00. The molecule has 0 spiro atoms. The fourth-order valence-electron chi connectivity index (χ4n) is 5.00. The van der Waals surface area contributed by atoms with E-state index in [0.717, 1.165) is 60.0 Å². The van der Waals surface area contributed by atoms with Gasteiger partial charge >= 0.3 is 0 Å². The molecule has 0 bridgehead atoms. The Labute approximate surface area is 212 Å². The van der Waals surface area contributed by atoms with Crippen LogP contribution in [0, 0.1) is 0 Å². The Kier molecular flexibility index (Phi) is 7.12. The van der Waals surface area contributed by atoms with E-state index in [-0.39, 0.29) is 11.9 Å². The molecule has 1 aliphatic carbocycles. The molecule has 0 saturated heterocycles. The molecule has 1 saturated carbocycles. The maximum atomic E-state index is 13.2. The number of rotatable bonds is 7. The first-order chi connectivity index (χ1) is 17.6. The molecule has 1 aromatic heterocycles. The number of nitrogens with zero attached hydrogens (tertiary/aromatic N) is 3. The van der Waals surface area contributed by atoms with Gasteiger partial charge in [-0.25, -0.2) is 4.98 Å². The van der Waals surface area contributed by atoms with Crippen LogP contribution in [0.3, 0.4) is 0 Å². The molecule has 0 unspecified atom stereocenters. The Morgan fingerprint density at radius 2 is 1.50 bits per heavy atom. The molecule has 0 atom stereocenters. The lowest BCUT2D eigenvalue weighted by atomic mass is 9.90. The molecule has 184 valence electrons. The van der Waals surface area contributed by atoms with Crippen molar-refractivity contribution in [2.75, 3.05) is 24.3 Å². The Morgan fingerprint density at radius 3 is 2.28 bits per heavy atom. The fraction of sp³-hybridized carbons (Fsp3) is 0.300. The van der Waals surface area contributed by atoms with E-state index in [9.17, 15) is 4.79 Å². The summed E-state index contributed by atoms with van der Waals surface area (Å²) in [6, 6.07) is 26.8. The normalized spacial score (nSPS) is 17.5. The molecule has 5 rings (SSSR count). The summed E-state index contributed by atoms with van der Waals surface area (Å²) in [6.45, 7) is 0. The molecular weight excluding hydrogens is 446 g/mol. The topological polar surface area (TPSA) is 70.2 Å². The van der Waals surface area contributed by atoms with E-state index >= 15 is 0 Å². The highest BCUT2D eigenvalue weighted by molar-refractivity contribution is 5.96. The first-order valence-corrected chi connectivity index (χ1v) is 12.7. The van der Waals surface area contributed by atoms with Gasteiger partial charge in [0, 0.05) is 37.1 Å². The van der Waals surface area contributed by atoms with Crippen molar-refractivity contribution in [3.05, 3.63) is 95.6 Å². The van der Waals surface area contributed by atoms with E-state index in [4.69, 9.17) is 9.97 Å². The Hall–Kier alpha value is -3.93. The number of amides is 1. The van der Waals surface area contributed by atoms with Gasteiger partial charge in [0.25, 0.3) is 5.91 Å². The van der Waals surface area contributed by atoms with Gasteiger partial charge in [-0.15, -0.1) is 0 Å². The molecule has 1 fully saturated rings. The van der Waals surface area contributed by atoms with Crippen LogP contribution in [0.1, 0.15) is 47.2 Å². The van der Waals surface area contributed by atoms with Crippen LogP contribution >= 0.6 is 0 Å². The van der Waals surface area contributed by atoms with Crippen LogP contribution < -0.4 is 15.5 Å². The number of benzene rings is 3. The van der Waals surface area contributed by atoms with E-state index in [0.29, 0.717) is 12.0 Å². The molecule has 1 amide bonds.